The molecular weight excluding hydrogens is 112 g/mol. The Kier molecular flexibility index (Phi) is 0.961. The van der Waals surface area contributed by atoms with E-state index in [1.165, 1.54) is 19.3 Å². The third-order valence-electron chi connectivity index (χ3n) is 2.45. The Hall–Kier alpha value is -0.330. The maximum atomic E-state index is 11.2. The van der Waals surface area contributed by atoms with Gasteiger partial charge in [0.1, 0.15) is 5.78 Å². The van der Waals surface area contributed by atoms with E-state index >= 15 is 0 Å². The minimum atomic E-state index is 0.484. The Morgan fingerprint density at radius 1 is 1.44 bits per heavy atom. The first-order valence-corrected chi connectivity index (χ1v) is 3.83. The van der Waals surface area contributed by atoms with Crippen LogP contribution in [0.15, 0.2) is 0 Å². The maximum absolute atomic E-state index is 11.2. The van der Waals surface area contributed by atoms with E-state index in [4.69, 9.17) is 0 Å². The third kappa shape index (κ3) is 0.887. The van der Waals surface area contributed by atoms with E-state index < -0.39 is 0 Å². The van der Waals surface area contributed by atoms with Gasteiger partial charge in [-0.15, -0.1) is 0 Å². The van der Waals surface area contributed by atoms with Crippen molar-refractivity contribution in [3.05, 3.63) is 0 Å². The molecular formula is C8H12O. The molecule has 2 aliphatic carbocycles. The lowest BCUT2D eigenvalue weighted by atomic mass is 10.1. The molecule has 0 spiro atoms. The highest BCUT2D eigenvalue weighted by Gasteiger charge is 2.45. The van der Waals surface area contributed by atoms with Crippen molar-refractivity contribution in [3.8, 4) is 0 Å². The zero-order chi connectivity index (χ0) is 6.43. The monoisotopic (exact) mass is 124 g/mol. The van der Waals surface area contributed by atoms with Crippen molar-refractivity contribution >= 4 is 5.78 Å². The molecule has 0 amide bonds. The minimum Gasteiger partial charge on any atom is -0.299 e. The molecule has 1 nitrogen and oxygen atoms in total. The molecule has 2 atom stereocenters. The fraction of sp³-hybridized carbons (Fsp3) is 0.875. The van der Waals surface area contributed by atoms with Crippen LogP contribution < -0.4 is 0 Å². The zero-order valence-electron chi connectivity index (χ0n) is 5.76. The van der Waals surface area contributed by atoms with E-state index in [0.717, 1.165) is 5.92 Å². The summed E-state index contributed by atoms with van der Waals surface area (Å²) in [5.74, 6) is 2.28. The van der Waals surface area contributed by atoms with Gasteiger partial charge in [0.25, 0.3) is 0 Å². The number of hydrogen-bond donors (Lipinski definition) is 0. The number of carbonyl (C=O) groups excluding carboxylic acids is 1. The SMILES string of the molecule is CC1CC1C(=O)C1CC1. The Morgan fingerprint density at radius 3 is 2.33 bits per heavy atom. The quantitative estimate of drug-likeness (QED) is 0.546. The number of Topliss-reactive ketones (excluding diaryl/α,β-unsaturated/α-hetero) is 1. The summed E-state index contributed by atoms with van der Waals surface area (Å²) < 4.78 is 0. The molecule has 0 bridgehead atoms. The normalized spacial score (nSPS) is 40.6. The van der Waals surface area contributed by atoms with Crippen molar-refractivity contribution in [1.29, 1.82) is 0 Å². The summed E-state index contributed by atoms with van der Waals surface area (Å²) in [5, 5.41) is 0. The van der Waals surface area contributed by atoms with Gasteiger partial charge in [0.05, 0.1) is 0 Å². The van der Waals surface area contributed by atoms with Crippen LogP contribution in [0.1, 0.15) is 26.2 Å². The molecule has 0 heterocycles. The summed E-state index contributed by atoms with van der Waals surface area (Å²) in [6.07, 6.45) is 3.54. The van der Waals surface area contributed by atoms with Crippen LogP contribution in [0, 0.1) is 17.8 Å². The molecule has 0 radical (unpaired) electrons. The molecule has 0 aliphatic heterocycles. The lowest BCUT2D eigenvalue weighted by Gasteiger charge is -1.90. The topological polar surface area (TPSA) is 17.1 Å². The maximum Gasteiger partial charge on any atom is 0.139 e. The number of carbonyl (C=O) groups is 1. The van der Waals surface area contributed by atoms with Gasteiger partial charge >= 0.3 is 0 Å². The average Bonchev–Trinajstić information content (AvgIpc) is 2.53. The molecule has 2 unspecified atom stereocenters. The Bertz CT molecular complexity index is 147. The van der Waals surface area contributed by atoms with Gasteiger partial charge in [-0.3, -0.25) is 4.79 Å². The predicted octanol–water partition coefficient (Wildman–Crippen LogP) is 1.62. The first kappa shape index (κ1) is 5.45. The fourth-order valence-electron chi connectivity index (χ4n) is 1.39. The Morgan fingerprint density at radius 2 is 2.00 bits per heavy atom. The fourth-order valence-corrected chi connectivity index (χ4v) is 1.39. The summed E-state index contributed by atoms with van der Waals surface area (Å²) in [4.78, 5) is 11.2. The van der Waals surface area contributed by atoms with Crippen molar-refractivity contribution in [2.24, 2.45) is 17.8 Å². The highest BCUT2D eigenvalue weighted by atomic mass is 16.1. The summed E-state index contributed by atoms with van der Waals surface area (Å²) in [7, 11) is 0. The van der Waals surface area contributed by atoms with Gasteiger partial charge in [0.15, 0.2) is 0 Å². The van der Waals surface area contributed by atoms with Crippen LogP contribution in [0.2, 0.25) is 0 Å². The van der Waals surface area contributed by atoms with Crippen molar-refractivity contribution in [3.63, 3.8) is 0 Å². The van der Waals surface area contributed by atoms with E-state index in [2.05, 4.69) is 6.92 Å². The molecule has 50 valence electrons. The molecule has 0 saturated heterocycles. The first-order valence-electron chi connectivity index (χ1n) is 3.83. The van der Waals surface area contributed by atoms with Gasteiger partial charge in [0, 0.05) is 11.8 Å². The summed E-state index contributed by atoms with van der Waals surface area (Å²) in [6.45, 7) is 2.17. The predicted molar refractivity (Wildman–Crippen MR) is 35.0 cm³/mol. The van der Waals surface area contributed by atoms with Crippen LogP contribution in [0.3, 0.4) is 0 Å². The van der Waals surface area contributed by atoms with E-state index in [-0.39, 0.29) is 0 Å². The molecule has 2 rings (SSSR count). The van der Waals surface area contributed by atoms with E-state index in [1.54, 1.807) is 0 Å². The van der Waals surface area contributed by atoms with Crippen LogP contribution in [0.25, 0.3) is 0 Å². The van der Waals surface area contributed by atoms with E-state index in [1.807, 2.05) is 0 Å². The number of ketones is 1. The molecule has 2 saturated carbocycles. The largest absolute Gasteiger partial charge is 0.299 e. The van der Waals surface area contributed by atoms with Crippen LogP contribution in [0.4, 0.5) is 0 Å². The minimum absolute atomic E-state index is 0.484. The van der Waals surface area contributed by atoms with Gasteiger partial charge < -0.3 is 0 Å². The van der Waals surface area contributed by atoms with Gasteiger partial charge in [-0.05, 0) is 25.2 Å². The van der Waals surface area contributed by atoms with Crippen molar-refractivity contribution in [2.45, 2.75) is 26.2 Å². The second kappa shape index (κ2) is 1.59. The molecule has 0 N–H and O–H groups in total. The molecule has 0 aromatic heterocycles. The standard InChI is InChI=1S/C8H12O/c1-5-4-7(5)8(9)6-2-3-6/h5-7H,2-4H2,1H3. The number of rotatable bonds is 2. The molecule has 2 fully saturated rings. The van der Waals surface area contributed by atoms with Crippen LogP contribution in [-0.2, 0) is 4.79 Å². The van der Waals surface area contributed by atoms with Crippen molar-refractivity contribution in [2.75, 3.05) is 0 Å². The van der Waals surface area contributed by atoms with E-state index in [9.17, 15) is 4.79 Å². The smallest absolute Gasteiger partial charge is 0.139 e. The highest BCUT2D eigenvalue weighted by Crippen LogP contribution is 2.45. The van der Waals surface area contributed by atoms with Crippen LogP contribution >= 0.6 is 0 Å². The van der Waals surface area contributed by atoms with Crippen molar-refractivity contribution < 1.29 is 4.79 Å². The second-order valence-electron chi connectivity index (χ2n) is 3.50. The molecule has 9 heavy (non-hydrogen) atoms. The van der Waals surface area contributed by atoms with Crippen LogP contribution in [-0.4, -0.2) is 5.78 Å². The summed E-state index contributed by atoms with van der Waals surface area (Å²) in [5.41, 5.74) is 0. The van der Waals surface area contributed by atoms with Gasteiger partial charge in [-0.2, -0.15) is 0 Å². The van der Waals surface area contributed by atoms with Crippen molar-refractivity contribution in [1.82, 2.24) is 0 Å². The molecule has 0 aromatic rings. The van der Waals surface area contributed by atoms with Gasteiger partial charge in [-0.1, -0.05) is 6.92 Å². The van der Waals surface area contributed by atoms with Gasteiger partial charge in [0.2, 0.25) is 0 Å². The third-order valence-corrected chi connectivity index (χ3v) is 2.45. The first-order chi connectivity index (χ1) is 4.29. The Labute approximate surface area is 55.4 Å². The summed E-state index contributed by atoms with van der Waals surface area (Å²) in [6, 6.07) is 0. The highest BCUT2D eigenvalue weighted by molar-refractivity contribution is 5.87. The van der Waals surface area contributed by atoms with E-state index in [0.29, 0.717) is 17.6 Å². The average molecular weight is 124 g/mol. The lowest BCUT2D eigenvalue weighted by Crippen LogP contribution is -2.03. The van der Waals surface area contributed by atoms with Gasteiger partial charge in [-0.25, -0.2) is 0 Å². The Balaban J connectivity index is 1.91. The molecule has 0 aromatic carbocycles. The van der Waals surface area contributed by atoms with Crippen LogP contribution in [0.5, 0.6) is 0 Å². The second-order valence-corrected chi connectivity index (χ2v) is 3.50. The number of hydrogen-bond acceptors (Lipinski definition) is 1. The molecule has 1 heteroatoms. The molecule has 2 aliphatic rings. The summed E-state index contributed by atoms with van der Waals surface area (Å²) >= 11 is 0. The lowest BCUT2D eigenvalue weighted by molar-refractivity contribution is -0.121. The zero-order valence-corrected chi connectivity index (χ0v) is 5.76.